The summed E-state index contributed by atoms with van der Waals surface area (Å²) in [5.74, 6) is -0.305. The third-order valence-electron chi connectivity index (χ3n) is 2.66. The second-order valence-electron chi connectivity index (χ2n) is 3.94. The average Bonchev–Trinajstić information content (AvgIpc) is 2.25. The Labute approximate surface area is 96.6 Å². The van der Waals surface area contributed by atoms with E-state index in [-0.39, 0.29) is 24.8 Å². The van der Waals surface area contributed by atoms with Crippen molar-refractivity contribution >= 4 is 11.8 Å². The van der Waals surface area contributed by atoms with Crippen molar-refractivity contribution in [1.82, 2.24) is 10.6 Å². The largest absolute Gasteiger partial charge is 0.388 e. The molecule has 0 aromatic rings. The molecule has 0 heterocycles. The van der Waals surface area contributed by atoms with Crippen LogP contribution in [0.4, 0.5) is 0 Å². The molecule has 2 amide bonds. The summed E-state index contributed by atoms with van der Waals surface area (Å²) in [6.45, 7) is 5.77. The van der Waals surface area contributed by atoms with Gasteiger partial charge in [0.25, 0.3) is 0 Å². The fourth-order valence-electron chi connectivity index (χ4n) is 1.20. The molecule has 0 rings (SSSR count). The highest BCUT2D eigenvalue weighted by atomic mass is 16.3. The Morgan fingerprint density at radius 3 is 2.19 bits per heavy atom. The molecule has 0 aliphatic carbocycles. The van der Waals surface area contributed by atoms with Crippen LogP contribution < -0.4 is 10.6 Å². The number of aliphatic hydroxyl groups is 1. The molecule has 5 heteroatoms. The summed E-state index contributed by atoms with van der Waals surface area (Å²) in [6.07, 6.45) is 1.45. The normalized spacial score (nSPS) is 11.0. The van der Waals surface area contributed by atoms with Crippen LogP contribution in [-0.4, -0.2) is 35.6 Å². The molecule has 5 nitrogen and oxygen atoms in total. The Hall–Kier alpha value is -1.10. The molecule has 16 heavy (non-hydrogen) atoms. The Balaban J connectivity index is 3.76. The van der Waals surface area contributed by atoms with Gasteiger partial charge in [0.15, 0.2) is 0 Å². The standard InChI is InChI=1S/C11H22N2O3/c1-4-11(16,5-2)8-13-10(15)6-7-12-9(3)14/h16H,4-8H2,1-3H3,(H,12,14)(H,13,15). The Bertz CT molecular complexity index is 237. The van der Waals surface area contributed by atoms with E-state index >= 15 is 0 Å². The first-order valence-corrected chi connectivity index (χ1v) is 5.67. The van der Waals surface area contributed by atoms with Crippen molar-refractivity contribution in [1.29, 1.82) is 0 Å². The minimum Gasteiger partial charge on any atom is -0.388 e. The predicted molar refractivity (Wildman–Crippen MR) is 61.8 cm³/mol. The lowest BCUT2D eigenvalue weighted by Crippen LogP contribution is -2.42. The molecular formula is C11H22N2O3. The van der Waals surface area contributed by atoms with Crippen LogP contribution in [0.25, 0.3) is 0 Å². The summed E-state index contributed by atoms with van der Waals surface area (Å²) >= 11 is 0. The van der Waals surface area contributed by atoms with Gasteiger partial charge < -0.3 is 15.7 Å². The molecule has 0 radical (unpaired) electrons. The third-order valence-corrected chi connectivity index (χ3v) is 2.66. The lowest BCUT2D eigenvalue weighted by Gasteiger charge is -2.25. The lowest BCUT2D eigenvalue weighted by atomic mass is 9.97. The van der Waals surface area contributed by atoms with Crippen molar-refractivity contribution < 1.29 is 14.7 Å². The van der Waals surface area contributed by atoms with Crippen molar-refractivity contribution in [3.63, 3.8) is 0 Å². The second-order valence-corrected chi connectivity index (χ2v) is 3.94. The highest BCUT2D eigenvalue weighted by molar-refractivity contribution is 5.77. The van der Waals surface area contributed by atoms with Gasteiger partial charge in [0.05, 0.1) is 5.60 Å². The maximum Gasteiger partial charge on any atom is 0.221 e. The van der Waals surface area contributed by atoms with Crippen LogP contribution in [0.2, 0.25) is 0 Å². The van der Waals surface area contributed by atoms with Crippen LogP contribution in [-0.2, 0) is 9.59 Å². The van der Waals surface area contributed by atoms with E-state index < -0.39 is 5.60 Å². The number of carbonyl (C=O) groups is 2. The molecule has 0 saturated carbocycles. The van der Waals surface area contributed by atoms with Crippen molar-refractivity contribution in [2.75, 3.05) is 13.1 Å². The molecule has 3 N–H and O–H groups in total. The number of rotatable bonds is 7. The zero-order valence-electron chi connectivity index (χ0n) is 10.3. The van der Waals surface area contributed by atoms with Gasteiger partial charge >= 0.3 is 0 Å². The van der Waals surface area contributed by atoms with Crippen molar-refractivity contribution in [2.24, 2.45) is 0 Å². The van der Waals surface area contributed by atoms with Gasteiger partial charge in [-0.05, 0) is 12.8 Å². The van der Waals surface area contributed by atoms with E-state index in [1.165, 1.54) is 6.92 Å². The van der Waals surface area contributed by atoms with Gasteiger partial charge in [-0.2, -0.15) is 0 Å². The van der Waals surface area contributed by atoms with Crippen LogP contribution in [0.5, 0.6) is 0 Å². The molecule has 0 bridgehead atoms. The second kappa shape index (κ2) is 7.22. The van der Waals surface area contributed by atoms with Crippen LogP contribution in [0.3, 0.4) is 0 Å². The summed E-state index contributed by atoms with van der Waals surface area (Å²) in [5.41, 5.74) is -0.816. The first-order valence-electron chi connectivity index (χ1n) is 5.67. The van der Waals surface area contributed by atoms with E-state index in [1.807, 2.05) is 13.8 Å². The highest BCUT2D eigenvalue weighted by Crippen LogP contribution is 2.12. The van der Waals surface area contributed by atoms with E-state index in [0.29, 0.717) is 19.4 Å². The first-order chi connectivity index (χ1) is 7.43. The Morgan fingerprint density at radius 1 is 1.19 bits per heavy atom. The fraction of sp³-hybridized carbons (Fsp3) is 0.818. The summed E-state index contributed by atoms with van der Waals surface area (Å²) in [6, 6.07) is 0. The highest BCUT2D eigenvalue weighted by Gasteiger charge is 2.22. The maximum atomic E-state index is 11.3. The van der Waals surface area contributed by atoms with Crippen molar-refractivity contribution in [3.8, 4) is 0 Å². The maximum absolute atomic E-state index is 11.3. The van der Waals surface area contributed by atoms with E-state index in [0.717, 1.165) is 0 Å². The zero-order chi connectivity index (χ0) is 12.6. The molecule has 0 aromatic carbocycles. The summed E-state index contributed by atoms with van der Waals surface area (Å²) in [4.78, 5) is 21.9. The number of hydrogen-bond acceptors (Lipinski definition) is 3. The molecule has 0 aromatic heterocycles. The molecular weight excluding hydrogens is 208 g/mol. The quantitative estimate of drug-likeness (QED) is 0.584. The van der Waals surface area contributed by atoms with Crippen LogP contribution in [0, 0.1) is 0 Å². The van der Waals surface area contributed by atoms with Crippen molar-refractivity contribution in [2.45, 2.75) is 45.6 Å². The molecule has 94 valence electrons. The monoisotopic (exact) mass is 230 g/mol. The third kappa shape index (κ3) is 6.40. The summed E-state index contributed by atoms with van der Waals surface area (Å²) < 4.78 is 0. The molecule has 0 fully saturated rings. The summed E-state index contributed by atoms with van der Waals surface area (Å²) in [7, 11) is 0. The number of nitrogens with one attached hydrogen (secondary N) is 2. The van der Waals surface area contributed by atoms with E-state index in [4.69, 9.17) is 0 Å². The molecule has 0 spiro atoms. The van der Waals surface area contributed by atoms with Gasteiger partial charge in [0.2, 0.25) is 11.8 Å². The predicted octanol–water partition coefficient (Wildman–Crippen LogP) is 0.180. The van der Waals surface area contributed by atoms with Crippen LogP contribution >= 0.6 is 0 Å². The SMILES string of the molecule is CCC(O)(CC)CNC(=O)CCNC(C)=O. The molecule has 0 atom stereocenters. The van der Waals surface area contributed by atoms with Gasteiger partial charge in [-0.25, -0.2) is 0 Å². The van der Waals surface area contributed by atoms with Crippen molar-refractivity contribution in [3.05, 3.63) is 0 Å². The fourth-order valence-corrected chi connectivity index (χ4v) is 1.20. The van der Waals surface area contributed by atoms with Gasteiger partial charge in [-0.3, -0.25) is 9.59 Å². The zero-order valence-corrected chi connectivity index (χ0v) is 10.3. The van der Waals surface area contributed by atoms with E-state index in [2.05, 4.69) is 10.6 Å². The van der Waals surface area contributed by atoms with E-state index in [1.54, 1.807) is 0 Å². The van der Waals surface area contributed by atoms with Crippen LogP contribution in [0.15, 0.2) is 0 Å². The number of carbonyl (C=O) groups excluding carboxylic acids is 2. The lowest BCUT2D eigenvalue weighted by molar-refractivity contribution is -0.122. The van der Waals surface area contributed by atoms with Gasteiger partial charge in [0, 0.05) is 26.4 Å². The summed E-state index contributed by atoms with van der Waals surface area (Å²) in [5, 5.41) is 15.1. The minimum atomic E-state index is -0.816. The molecule has 0 saturated heterocycles. The van der Waals surface area contributed by atoms with Gasteiger partial charge in [-0.15, -0.1) is 0 Å². The number of hydrogen-bond donors (Lipinski definition) is 3. The Kier molecular flexibility index (Phi) is 6.72. The van der Waals surface area contributed by atoms with Crippen LogP contribution in [0.1, 0.15) is 40.0 Å². The topological polar surface area (TPSA) is 78.4 Å². The smallest absolute Gasteiger partial charge is 0.221 e. The number of amides is 2. The van der Waals surface area contributed by atoms with Gasteiger partial charge in [-0.1, -0.05) is 13.8 Å². The Morgan fingerprint density at radius 2 is 1.75 bits per heavy atom. The van der Waals surface area contributed by atoms with Gasteiger partial charge in [0.1, 0.15) is 0 Å². The van der Waals surface area contributed by atoms with E-state index in [9.17, 15) is 14.7 Å². The molecule has 0 unspecified atom stereocenters. The minimum absolute atomic E-state index is 0.147. The molecule has 0 aliphatic rings. The first kappa shape index (κ1) is 14.9. The average molecular weight is 230 g/mol. The molecule has 0 aliphatic heterocycles.